The fourth-order valence-corrected chi connectivity index (χ4v) is 2.38. The van der Waals surface area contributed by atoms with Crippen LogP contribution in [0.5, 0.6) is 0 Å². The second kappa shape index (κ2) is 4.65. The van der Waals surface area contributed by atoms with Crippen molar-refractivity contribution in [3.8, 4) is 0 Å². The van der Waals surface area contributed by atoms with Crippen LogP contribution >= 0.6 is 24.2 Å². The number of hydrogen-bond donors (Lipinski definition) is 2. The lowest BCUT2D eigenvalue weighted by Gasteiger charge is -2.19. The summed E-state index contributed by atoms with van der Waals surface area (Å²) in [6.07, 6.45) is 0.441. The number of thiol groups is 1. The molecule has 1 N–H and O–H groups in total. The number of amides is 1. The monoisotopic (exact) mass is 257 g/mol. The van der Waals surface area contributed by atoms with Crippen LogP contribution in [0.4, 0.5) is 5.69 Å². The lowest BCUT2D eigenvalue weighted by atomic mass is 10.1. The quantitative estimate of drug-likeness (QED) is 0.794. The maximum Gasteiger partial charge on any atom is 0.228 e. The molecule has 1 aliphatic heterocycles. The van der Waals surface area contributed by atoms with Crippen LogP contribution in [0.25, 0.3) is 0 Å². The largest absolute Gasteiger partial charge is 0.392 e. The summed E-state index contributed by atoms with van der Waals surface area (Å²) in [6, 6.07) is 5.16. The van der Waals surface area contributed by atoms with Crippen molar-refractivity contribution in [2.45, 2.75) is 18.3 Å². The number of carbonyl (C=O) groups is 1. The van der Waals surface area contributed by atoms with Crippen molar-refractivity contribution in [1.29, 1.82) is 0 Å². The average Bonchev–Trinajstić information content (AvgIpc) is 2.57. The van der Waals surface area contributed by atoms with Crippen LogP contribution in [-0.4, -0.2) is 22.8 Å². The zero-order valence-corrected chi connectivity index (χ0v) is 10.2. The van der Waals surface area contributed by atoms with Crippen molar-refractivity contribution >= 4 is 35.8 Å². The van der Waals surface area contributed by atoms with Crippen molar-refractivity contribution in [3.05, 3.63) is 28.8 Å². The van der Waals surface area contributed by atoms with E-state index < -0.39 is 0 Å². The Morgan fingerprint density at radius 3 is 2.88 bits per heavy atom. The molecule has 5 heteroatoms. The molecule has 1 unspecified atom stereocenters. The van der Waals surface area contributed by atoms with Crippen molar-refractivity contribution < 1.29 is 9.90 Å². The van der Waals surface area contributed by atoms with Gasteiger partial charge in [-0.05, 0) is 18.2 Å². The molecule has 16 heavy (non-hydrogen) atoms. The Morgan fingerprint density at radius 2 is 2.31 bits per heavy atom. The first kappa shape index (κ1) is 11.8. The number of aliphatic hydroxyl groups excluding tert-OH is 1. The molecule has 1 amide bonds. The summed E-state index contributed by atoms with van der Waals surface area (Å²) in [5, 5.41) is 9.86. The third-order valence-corrected chi connectivity index (χ3v) is 3.19. The molecular weight excluding hydrogens is 246 g/mol. The third kappa shape index (κ3) is 2.19. The molecule has 1 aromatic rings. The number of carbonyl (C=O) groups excluding carboxylic acids is 1. The minimum absolute atomic E-state index is 0.0389. The molecule has 1 heterocycles. The topological polar surface area (TPSA) is 40.5 Å². The van der Waals surface area contributed by atoms with Gasteiger partial charge in [-0.3, -0.25) is 4.79 Å². The lowest BCUT2D eigenvalue weighted by molar-refractivity contribution is -0.117. The highest BCUT2D eigenvalue weighted by atomic mass is 35.5. The Labute approximate surface area is 104 Å². The summed E-state index contributed by atoms with van der Waals surface area (Å²) in [7, 11) is 0. The molecule has 0 saturated carbocycles. The molecule has 1 fully saturated rings. The van der Waals surface area contributed by atoms with Crippen LogP contribution in [0.3, 0.4) is 0 Å². The molecule has 0 radical (unpaired) electrons. The van der Waals surface area contributed by atoms with Crippen LogP contribution in [0.15, 0.2) is 18.2 Å². The summed E-state index contributed by atoms with van der Waals surface area (Å²) < 4.78 is 0. The molecule has 0 aromatic heterocycles. The molecule has 1 atom stereocenters. The molecule has 1 saturated heterocycles. The Morgan fingerprint density at radius 1 is 1.56 bits per heavy atom. The Balaban J connectivity index is 2.36. The van der Waals surface area contributed by atoms with Crippen molar-refractivity contribution in [3.63, 3.8) is 0 Å². The molecule has 2 rings (SSSR count). The fraction of sp³-hybridized carbons (Fsp3) is 0.364. The van der Waals surface area contributed by atoms with E-state index in [1.807, 2.05) is 0 Å². The van der Waals surface area contributed by atoms with Gasteiger partial charge in [0.25, 0.3) is 0 Å². The number of anilines is 1. The first-order valence-corrected chi connectivity index (χ1v) is 5.89. The van der Waals surface area contributed by atoms with Gasteiger partial charge in [-0.15, -0.1) is 0 Å². The molecule has 1 aromatic carbocycles. The standard InChI is InChI=1S/C11H12ClNO2S/c12-8-1-2-10(7(3-8)6-14)13-5-9(16)4-11(13)15/h1-3,9,14,16H,4-6H2. The van der Waals surface area contributed by atoms with Gasteiger partial charge in [0.2, 0.25) is 5.91 Å². The first-order valence-electron chi connectivity index (χ1n) is 4.99. The third-order valence-electron chi connectivity index (χ3n) is 2.61. The average molecular weight is 258 g/mol. The Bertz CT molecular complexity index is 424. The first-order chi connectivity index (χ1) is 7.61. The summed E-state index contributed by atoms with van der Waals surface area (Å²) in [4.78, 5) is 13.4. The van der Waals surface area contributed by atoms with Crippen molar-refractivity contribution in [1.82, 2.24) is 0 Å². The molecule has 1 aliphatic rings. The number of aliphatic hydroxyl groups is 1. The predicted molar refractivity (Wildman–Crippen MR) is 67.1 cm³/mol. The van der Waals surface area contributed by atoms with E-state index in [2.05, 4.69) is 12.6 Å². The van der Waals surface area contributed by atoms with Crippen molar-refractivity contribution in [2.75, 3.05) is 11.4 Å². The van der Waals surface area contributed by atoms with E-state index >= 15 is 0 Å². The summed E-state index contributed by atoms with van der Waals surface area (Å²) in [5.41, 5.74) is 1.40. The number of halogens is 1. The second-order valence-electron chi connectivity index (χ2n) is 3.79. The number of nitrogens with zero attached hydrogens (tertiary/aromatic N) is 1. The van der Waals surface area contributed by atoms with E-state index in [9.17, 15) is 9.90 Å². The molecule has 86 valence electrons. The van der Waals surface area contributed by atoms with Gasteiger partial charge in [-0.2, -0.15) is 12.6 Å². The molecule has 0 spiro atoms. The van der Waals surface area contributed by atoms with Crippen LogP contribution in [0.1, 0.15) is 12.0 Å². The van der Waals surface area contributed by atoms with Crippen LogP contribution in [0, 0.1) is 0 Å². The van der Waals surface area contributed by atoms with Gasteiger partial charge in [0, 0.05) is 34.5 Å². The van der Waals surface area contributed by atoms with Gasteiger partial charge in [-0.25, -0.2) is 0 Å². The SMILES string of the molecule is O=C1CC(S)CN1c1ccc(Cl)cc1CO. The predicted octanol–water partition coefficient (Wildman–Crippen LogP) is 1.87. The number of benzene rings is 1. The highest BCUT2D eigenvalue weighted by molar-refractivity contribution is 7.81. The van der Waals surface area contributed by atoms with E-state index in [4.69, 9.17) is 11.6 Å². The zero-order valence-electron chi connectivity index (χ0n) is 8.56. The van der Waals surface area contributed by atoms with Gasteiger partial charge in [0.05, 0.1) is 6.61 Å². The van der Waals surface area contributed by atoms with Gasteiger partial charge in [0.15, 0.2) is 0 Å². The van der Waals surface area contributed by atoms with Crippen LogP contribution in [-0.2, 0) is 11.4 Å². The molecule has 0 aliphatic carbocycles. The maximum atomic E-state index is 11.7. The van der Waals surface area contributed by atoms with Crippen molar-refractivity contribution in [2.24, 2.45) is 0 Å². The minimum atomic E-state index is -0.128. The normalized spacial score (nSPS) is 20.6. The maximum absolute atomic E-state index is 11.7. The van der Waals surface area contributed by atoms with Crippen LogP contribution < -0.4 is 4.90 Å². The van der Waals surface area contributed by atoms with E-state index in [0.29, 0.717) is 23.6 Å². The van der Waals surface area contributed by atoms with Gasteiger partial charge < -0.3 is 10.0 Å². The number of rotatable bonds is 2. The van der Waals surface area contributed by atoms with Gasteiger partial charge in [-0.1, -0.05) is 11.6 Å². The fourth-order valence-electron chi connectivity index (χ4n) is 1.87. The van der Waals surface area contributed by atoms with Gasteiger partial charge >= 0.3 is 0 Å². The molecule has 3 nitrogen and oxygen atoms in total. The van der Waals surface area contributed by atoms with E-state index in [1.165, 1.54) is 0 Å². The lowest BCUT2D eigenvalue weighted by Crippen LogP contribution is -2.25. The Hall–Kier alpha value is -0.710. The van der Waals surface area contributed by atoms with E-state index in [-0.39, 0.29) is 17.8 Å². The van der Waals surface area contributed by atoms with E-state index in [0.717, 1.165) is 5.69 Å². The smallest absolute Gasteiger partial charge is 0.228 e. The number of hydrogen-bond acceptors (Lipinski definition) is 3. The van der Waals surface area contributed by atoms with Crippen LogP contribution in [0.2, 0.25) is 5.02 Å². The van der Waals surface area contributed by atoms with Gasteiger partial charge in [0.1, 0.15) is 0 Å². The summed E-state index contributed by atoms with van der Waals surface area (Å²) in [6.45, 7) is 0.452. The molecular formula is C11H12ClNO2S. The zero-order chi connectivity index (χ0) is 11.7. The summed E-state index contributed by atoms with van der Waals surface area (Å²) in [5.74, 6) is 0.0389. The highest BCUT2D eigenvalue weighted by Gasteiger charge is 2.29. The highest BCUT2D eigenvalue weighted by Crippen LogP contribution is 2.29. The van der Waals surface area contributed by atoms with E-state index in [1.54, 1.807) is 23.1 Å². The second-order valence-corrected chi connectivity index (χ2v) is 4.96. The summed E-state index contributed by atoms with van der Waals surface area (Å²) >= 11 is 10.1. The Kier molecular flexibility index (Phi) is 3.42. The molecule has 0 bridgehead atoms. The minimum Gasteiger partial charge on any atom is -0.392 e.